The molecular weight excluding hydrogens is 262 g/mol. The summed E-state index contributed by atoms with van der Waals surface area (Å²) in [6.45, 7) is 7.78. The molecule has 0 saturated heterocycles. The highest BCUT2D eigenvalue weighted by Crippen LogP contribution is 2.33. The molecule has 0 aliphatic heterocycles. The molecule has 2 rings (SSSR count). The number of hydrogen-bond acceptors (Lipinski definition) is 2. The standard InChI is InChI=1S/C18H25NS/c1-4-18(14-19-15(2)3,13-17-11-8-12-20-17)16-9-6-5-7-10-16/h5-12,15,19H,4,13-14H2,1-3H3. The Labute approximate surface area is 127 Å². The second kappa shape index (κ2) is 7.05. The monoisotopic (exact) mass is 287 g/mol. The van der Waals surface area contributed by atoms with Gasteiger partial charge < -0.3 is 5.32 Å². The summed E-state index contributed by atoms with van der Waals surface area (Å²) in [5, 5.41) is 5.83. The van der Waals surface area contributed by atoms with Gasteiger partial charge in [0.25, 0.3) is 0 Å². The van der Waals surface area contributed by atoms with Crippen molar-refractivity contribution in [3.63, 3.8) is 0 Å². The number of thiophene rings is 1. The van der Waals surface area contributed by atoms with Crippen molar-refractivity contribution < 1.29 is 0 Å². The molecule has 1 atom stereocenters. The molecule has 0 fully saturated rings. The molecular formula is C18H25NS. The molecule has 0 aliphatic carbocycles. The quantitative estimate of drug-likeness (QED) is 0.782. The third kappa shape index (κ3) is 3.71. The fraction of sp³-hybridized carbons (Fsp3) is 0.444. The number of nitrogens with one attached hydrogen (secondary N) is 1. The van der Waals surface area contributed by atoms with Gasteiger partial charge in [0.1, 0.15) is 0 Å². The number of rotatable bonds is 7. The summed E-state index contributed by atoms with van der Waals surface area (Å²) in [6.07, 6.45) is 2.26. The summed E-state index contributed by atoms with van der Waals surface area (Å²) < 4.78 is 0. The maximum atomic E-state index is 3.65. The van der Waals surface area contributed by atoms with Crippen LogP contribution in [0.3, 0.4) is 0 Å². The lowest BCUT2D eigenvalue weighted by atomic mass is 9.74. The van der Waals surface area contributed by atoms with E-state index in [0.717, 1.165) is 19.4 Å². The molecule has 0 aliphatic rings. The fourth-order valence-corrected chi connectivity index (χ4v) is 3.51. The van der Waals surface area contributed by atoms with E-state index in [1.54, 1.807) is 0 Å². The maximum absolute atomic E-state index is 3.65. The van der Waals surface area contributed by atoms with Gasteiger partial charge in [0, 0.05) is 22.9 Å². The van der Waals surface area contributed by atoms with E-state index in [2.05, 4.69) is 73.9 Å². The topological polar surface area (TPSA) is 12.0 Å². The van der Waals surface area contributed by atoms with Crippen LogP contribution in [0.1, 0.15) is 37.6 Å². The zero-order valence-electron chi connectivity index (χ0n) is 12.7. The van der Waals surface area contributed by atoms with Crippen LogP contribution in [-0.4, -0.2) is 12.6 Å². The second-order valence-electron chi connectivity index (χ2n) is 5.79. The molecule has 1 nitrogen and oxygen atoms in total. The highest BCUT2D eigenvalue weighted by molar-refractivity contribution is 7.09. The number of hydrogen-bond donors (Lipinski definition) is 1. The summed E-state index contributed by atoms with van der Waals surface area (Å²) in [7, 11) is 0. The minimum Gasteiger partial charge on any atom is -0.314 e. The highest BCUT2D eigenvalue weighted by Gasteiger charge is 2.30. The van der Waals surface area contributed by atoms with Crippen molar-refractivity contribution in [1.82, 2.24) is 5.32 Å². The van der Waals surface area contributed by atoms with E-state index in [9.17, 15) is 0 Å². The Hall–Kier alpha value is -1.12. The molecule has 1 aromatic carbocycles. The summed E-state index contributed by atoms with van der Waals surface area (Å²) in [6, 6.07) is 15.9. The molecule has 0 bridgehead atoms. The van der Waals surface area contributed by atoms with Crippen molar-refractivity contribution >= 4 is 11.3 Å². The Morgan fingerprint density at radius 2 is 1.85 bits per heavy atom. The lowest BCUT2D eigenvalue weighted by Gasteiger charge is -2.34. The molecule has 1 N–H and O–H groups in total. The minimum atomic E-state index is 0.191. The van der Waals surface area contributed by atoms with E-state index in [1.807, 2.05) is 11.3 Å². The van der Waals surface area contributed by atoms with Crippen LogP contribution in [0, 0.1) is 0 Å². The highest BCUT2D eigenvalue weighted by atomic mass is 32.1. The van der Waals surface area contributed by atoms with Gasteiger partial charge in [0.05, 0.1) is 0 Å². The van der Waals surface area contributed by atoms with E-state index >= 15 is 0 Å². The van der Waals surface area contributed by atoms with Gasteiger partial charge in [0.15, 0.2) is 0 Å². The molecule has 0 radical (unpaired) electrons. The van der Waals surface area contributed by atoms with Crippen LogP contribution in [0.4, 0.5) is 0 Å². The van der Waals surface area contributed by atoms with E-state index in [-0.39, 0.29) is 5.41 Å². The Bertz CT molecular complexity index is 489. The van der Waals surface area contributed by atoms with Crippen molar-refractivity contribution in [2.45, 2.75) is 45.1 Å². The van der Waals surface area contributed by atoms with Gasteiger partial charge >= 0.3 is 0 Å². The average molecular weight is 287 g/mol. The van der Waals surface area contributed by atoms with Gasteiger partial charge in [-0.25, -0.2) is 0 Å². The van der Waals surface area contributed by atoms with Crippen LogP contribution in [0.2, 0.25) is 0 Å². The molecule has 2 heteroatoms. The van der Waals surface area contributed by atoms with Crippen molar-refractivity contribution in [3.8, 4) is 0 Å². The first kappa shape index (κ1) is 15.3. The predicted octanol–water partition coefficient (Wildman–Crippen LogP) is 4.64. The Kier molecular flexibility index (Phi) is 5.38. The van der Waals surface area contributed by atoms with Gasteiger partial charge in [-0.05, 0) is 29.9 Å². The zero-order valence-corrected chi connectivity index (χ0v) is 13.5. The molecule has 20 heavy (non-hydrogen) atoms. The van der Waals surface area contributed by atoms with Crippen molar-refractivity contribution in [2.75, 3.05) is 6.54 Å². The first-order chi connectivity index (χ1) is 9.66. The van der Waals surface area contributed by atoms with Crippen molar-refractivity contribution in [2.24, 2.45) is 0 Å². The fourth-order valence-electron chi connectivity index (χ4n) is 2.66. The van der Waals surface area contributed by atoms with Crippen LogP contribution in [0.15, 0.2) is 47.8 Å². The van der Waals surface area contributed by atoms with Crippen LogP contribution in [0.5, 0.6) is 0 Å². The van der Waals surface area contributed by atoms with Gasteiger partial charge in [-0.2, -0.15) is 0 Å². The molecule has 0 saturated carbocycles. The van der Waals surface area contributed by atoms with E-state index in [4.69, 9.17) is 0 Å². The van der Waals surface area contributed by atoms with Crippen LogP contribution >= 0.6 is 11.3 Å². The molecule has 1 aromatic heterocycles. The SMILES string of the molecule is CCC(CNC(C)C)(Cc1cccs1)c1ccccc1. The van der Waals surface area contributed by atoms with Crippen LogP contribution in [0.25, 0.3) is 0 Å². The number of benzene rings is 1. The third-order valence-corrected chi connectivity index (χ3v) is 4.88. The lowest BCUT2D eigenvalue weighted by Crippen LogP contribution is -2.42. The van der Waals surface area contributed by atoms with Gasteiger partial charge in [0.2, 0.25) is 0 Å². The van der Waals surface area contributed by atoms with Gasteiger partial charge in [-0.3, -0.25) is 0 Å². The summed E-state index contributed by atoms with van der Waals surface area (Å²) >= 11 is 1.87. The predicted molar refractivity (Wildman–Crippen MR) is 89.6 cm³/mol. The van der Waals surface area contributed by atoms with Crippen LogP contribution in [-0.2, 0) is 11.8 Å². The molecule has 0 spiro atoms. The molecule has 1 unspecified atom stereocenters. The minimum absolute atomic E-state index is 0.191. The summed E-state index contributed by atoms with van der Waals surface area (Å²) in [4.78, 5) is 1.47. The van der Waals surface area contributed by atoms with E-state index in [1.165, 1.54) is 10.4 Å². The molecule has 0 amide bonds. The van der Waals surface area contributed by atoms with Gasteiger partial charge in [-0.1, -0.05) is 57.2 Å². The summed E-state index contributed by atoms with van der Waals surface area (Å²) in [5.74, 6) is 0. The maximum Gasteiger partial charge on any atom is 0.0123 e. The normalized spacial score (nSPS) is 14.4. The molecule has 108 valence electrons. The average Bonchev–Trinajstić information content (AvgIpc) is 2.97. The van der Waals surface area contributed by atoms with Gasteiger partial charge in [-0.15, -0.1) is 11.3 Å². The van der Waals surface area contributed by atoms with Crippen molar-refractivity contribution in [3.05, 3.63) is 58.3 Å². The third-order valence-electron chi connectivity index (χ3n) is 4.00. The lowest BCUT2D eigenvalue weighted by molar-refractivity contribution is 0.365. The van der Waals surface area contributed by atoms with E-state index < -0.39 is 0 Å². The first-order valence-corrected chi connectivity index (χ1v) is 8.35. The molecule has 2 aromatic rings. The Morgan fingerprint density at radius 1 is 1.10 bits per heavy atom. The Morgan fingerprint density at radius 3 is 2.40 bits per heavy atom. The second-order valence-corrected chi connectivity index (χ2v) is 6.82. The van der Waals surface area contributed by atoms with E-state index in [0.29, 0.717) is 6.04 Å². The first-order valence-electron chi connectivity index (χ1n) is 7.47. The Balaban J connectivity index is 2.29. The summed E-state index contributed by atoms with van der Waals surface area (Å²) in [5.41, 5.74) is 1.64. The van der Waals surface area contributed by atoms with Crippen LogP contribution < -0.4 is 5.32 Å². The zero-order chi connectivity index (χ0) is 14.4. The largest absolute Gasteiger partial charge is 0.314 e. The molecule has 1 heterocycles. The van der Waals surface area contributed by atoms with Crippen molar-refractivity contribution in [1.29, 1.82) is 0 Å². The smallest absolute Gasteiger partial charge is 0.0123 e.